The molecular weight excluding hydrogens is 328 g/mol. The number of benzene rings is 1. The van der Waals surface area contributed by atoms with E-state index in [9.17, 15) is 19.2 Å². The van der Waals surface area contributed by atoms with Crippen molar-refractivity contribution in [1.29, 1.82) is 0 Å². The van der Waals surface area contributed by atoms with Crippen LogP contribution in [0.5, 0.6) is 0 Å². The van der Waals surface area contributed by atoms with E-state index in [2.05, 4.69) is 14.2 Å². The number of allylic oxidation sites excluding steroid dienone is 1. The van der Waals surface area contributed by atoms with E-state index in [-0.39, 0.29) is 0 Å². The third kappa shape index (κ3) is 5.87. The molecule has 0 aliphatic rings. The molecule has 0 saturated heterocycles. The Hall–Kier alpha value is -2.96. The van der Waals surface area contributed by atoms with Crippen LogP contribution in [0.2, 0.25) is 0 Å². The zero-order chi connectivity index (χ0) is 18.8. The lowest BCUT2D eigenvalue weighted by Gasteiger charge is -2.19. The Labute approximate surface area is 145 Å². The van der Waals surface area contributed by atoms with E-state index in [1.807, 2.05) is 18.2 Å². The van der Waals surface area contributed by atoms with Crippen LogP contribution in [0, 0.1) is 11.8 Å². The van der Waals surface area contributed by atoms with Gasteiger partial charge in [0.05, 0.1) is 21.3 Å². The fourth-order valence-corrected chi connectivity index (χ4v) is 2.21. The number of ether oxygens (including phenoxy) is 3. The second-order valence-electron chi connectivity index (χ2n) is 5.08. The molecule has 0 radical (unpaired) electrons. The Bertz CT molecular complexity index is 633. The van der Waals surface area contributed by atoms with Crippen molar-refractivity contribution in [3.8, 4) is 0 Å². The van der Waals surface area contributed by atoms with Crippen LogP contribution < -0.4 is 0 Å². The molecular formula is C18H20O7. The van der Waals surface area contributed by atoms with E-state index in [1.54, 1.807) is 18.2 Å². The number of esters is 3. The molecule has 0 saturated carbocycles. The Balaban J connectivity index is 3.17. The lowest BCUT2D eigenvalue weighted by molar-refractivity contribution is -0.161. The zero-order valence-corrected chi connectivity index (χ0v) is 14.3. The SMILES string of the molecule is COC(=O)C(=O)CC(/C=C/c1ccccc1)C(C(=O)OC)C(=O)OC. The number of carbonyl (C=O) groups excluding carboxylic acids is 4. The summed E-state index contributed by atoms with van der Waals surface area (Å²) in [5.41, 5.74) is 0.798. The fraction of sp³-hybridized carbons (Fsp3) is 0.333. The average Bonchev–Trinajstić information content (AvgIpc) is 2.65. The van der Waals surface area contributed by atoms with Crippen molar-refractivity contribution in [2.45, 2.75) is 6.42 Å². The molecule has 0 fully saturated rings. The molecule has 25 heavy (non-hydrogen) atoms. The monoisotopic (exact) mass is 348 g/mol. The van der Waals surface area contributed by atoms with Gasteiger partial charge in [0.25, 0.3) is 0 Å². The van der Waals surface area contributed by atoms with Crippen molar-refractivity contribution in [3.63, 3.8) is 0 Å². The molecule has 0 N–H and O–H groups in total. The van der Waals surface area contributed by atoms with Gasteiger partial charge in [-0.25, -0.2) is 4.79 Å². The second-order valence-corrected chi connectivity index (χ2v) is 5.08. The smallest absolute Gasteiger partial charge is 0.374 e. The first kappa shape index (κ1) is 20.1. The van der Waals surface area contributed by atoms with Crippen molar-refractivity contribution in [1.82, 2.24) is 0 Å². The summed E-state index contributed by atoms with van der Waals surface area (Å²) in [6.45, 7) is 0. The van der Waals surface area contributed by atoms with E-state index in [1.165, 1.54) is 6.08 Å². The number of ketones is 1. The minimum absolute atomic E-state index is 0.398. The summed E-state index contributed by atoms with van der Waals surface area (Å²) >= 11 is 0. The van der Waals surface area contributed by atoms with Crippen LogP contribution in [0.15, 0.2) is 36.4 Å². The largest absolute Gasteiger partial charge is 0.468 e. The molecule has 0 aliphatic heterocycles. The second kappa shape index (κ2) is 10.0. The highest BCUT2D eigenvalue weighted by atomic mass is 16.5. The molecule has 0 bridgehead atoms. The van der Waals surface area contributed by atoms with Gasteiger partial charge in [-0.1, -0.05) is 42.5 Å². The van der Waals surface area contributed by atoms with Crippen molar-refractivity contribution in [2.24, 2.45) is 11.8 Å². The maximum Gasteiger partial charge on any atom is 0.374 e. The Morgan fingerprint density at radius 2 is 1.48 bits per heavy atom. The van der Waals surface area contributed by atoms with Gasteiger partial charge in [0.2, 0.25) is 5.78 Å². The third-order valence-electron chi connectivity index (χ3n) is 3.51. The minimum atomic E-state index is -1.37. The van der Waals surface area contributed by atoms with Crippen LogP contribution in [0.4, 0.5) is 0 Å². The first-order valence-electron chi connectivity index (χ1n) is 7.44. The molecule has 0 aromatic heterocycles. The lowest BCUT2D eigenvalue weighted by atomic mass is 9.87. The Kier molecular flexibility index (Phi) is 8.05. The standard InChI is InChI=1S/C18H20O7/c1-23-16(20)14(19)11-13(10-9-12-7-5-4-6-8-12)15(17(21)24-2)18(22)25-3/h4-10,13,15H,11H2,1-3H3/b10-9+. The Morgan fingerprint density at radius 3 is 1.96 bits per heavy atom. The first-order valence-corrected chi connectivity index (χ1v) is 7.44. The maximum absolute atomic E-state index is 12.0. The predicted molar refractivity (Wildman–Crippen MR) is 88.1 cm³/mol. The van der Waals surface area contributed by atoms with Gasteiger partial charge in [-0.3, -0.25) is 14.4 Å². The number of hydrogen-bond donors (Lipinski definition) is 0. The Morgan fingerprint density at radius 1 is 0.920 bits per heavy atom. The van der Waals surface area contributed by atoms with E-state index >= 15 is 0 Å². The van der Waals surface area contributed by atoms with Gasteiger partial charge < -0.3 is 14.2 Å². The molecule has 1 aromatic carbocycles. The molecule has 1 rings (SSSR count). The molecule has 1 atom stereocenters. The summed E-state index contributed by atoms with van der Waals surface area (Å²) < 4.78 is 13.7. The molecule has 134 valence electrons. The molecule has 1 aromatic rings. The van der Waals surface area contributed by atoms with Crippen molar-refractivity contribution < 1.29 is 33.4 Å². The summed E-state index contributed by atoms with van der Waals surface area (Å²) in [6.07, 6.45) is 2.76. The maximum atomic E-state index is 12.0. The van der Waals surface area contributed by atoms with Crippen LogP contribution in [-0.2, 0) is 33.4 Å². The van der Waals surface area contributed by atoms with E-state index < -0.39 is 41.9 Å². The number of carbonyl (C=O) groups is 4. The van der Waals surface area contributed by atoms with E-state index in [0.29, 0.717) is 0 Å². The highest BCUT2D eigenvalue weighted by molar-refractivity contribution is 6.33. The molecule has 0 heterocycles. The van der Waals surface area contributed by atoms with Gasteiger partial charge in [-0.15, -0.1) is 0 Å². The number of Topliss-reactive ketones (excluding diaryl/α,β-unsaturated/α-hetero) is 1. The zero-order valence-electron chi connectivity index (χ0n) is 14.3. The minimum Gasteiger partial charge on any atom is -0.468 e. The van der Waals surface area contributed by atoms with Crippen LogP contribution in [0.25, 0.3) is 6.08 Å². The van der Waals surface area contributed by atoms with Gasteiger partial charge in [0, 0.05) is 12.3 Å². The average molecular weight is 348 g/mol. The molecule has 0 aliphatic carbocycles. The van der Waals surface area contributed by atoms with Gasteiger partial charge in [0.1, 0.15) is 0 Å². The summed E-state index contributed by atoms with van der Waals surface area (Å²) in [5, 5.41) is 0. The molecule has 1 unspecified atom stereocenters. The van der Waals surface area contributed by atoms with E-state index in [0.717, 1.165) is 26.9 Å². The van der Waals surface area contributed by atoms with Gasteiger partial charge >= 0.3 is 17.9 Å². The van der Waals surface area contributed by atoms with Crippen molar-refractivity contribution in [2.75, 3.05) is 21.3 Å². The van der Waals surface area contributed by atoms with Crippen LogP contribution in [-0.4, -0.2) is 45.0 Å². The number of hydrogen-bond acceptors (Lipinski definition) is 7. The highest BCUT2D eigenvalue weighted by Crippen LogP contribution is 2.23. The topological polar surface area (TPSA) is 96.0 Å². The van der Waals surface area contributed by atoms with E-state index in [4.69, 9.17) is 0 Å². The van der Waals surface area contributed by atoms with Crippen LogP contribution in [0.3, 0.4) is 0 Å². The van der Waals surface area contributed by atoms with Gasteiger partial charge in [-0.2, -0.15) is 0 Å². The third-order valence-corrected chi connectivity index (χ3v) is 3.51. The summed E-state index contributed by atoms with van der Waals surface area (Å²) in [4.78, 5) is 47.3. The van der Waals surface area contributed by atoms with Gasteiger partial charge in [-0.05, 0) is 5.56 Å². The summed E-state index contributed by atoms with van der Waals surface area (Å²) in [6, 6.07) is 9.07. The summed E-state index contributed by atoms with van der Waals surface area (Å²) in [5.74, 6) is -5.91. The molecule has 0 amide bonds. The lowest BCUT2D eigenvalue weighted by Crippen LogP contribution is -2.35. The molecule has 7 heteroatoms. The molecule has 0 spiro atoms. The van der Waals surface area contributed by atoms with Crippen LogP contribution in [0.1, 0.15) is 12.0 Å². The molecule has 7 nitrogen and oxygen atoms in total. The highest BCUT2D eigenvalue weighted by Gasteiger charge is 2.37. The fourth-order valence-electron chi connectivity index (χ4n) is 2.21. The van der Waals surface area contributed by atoms with Crippen molar-refractivity contribution >= 4 is 29.8 Å². The number of rotatable bonds is 8. The predicted octanol–water partition coefficient (Wildman–Crippen LogP) is 1.41. The summed E-state index contributed by atoms with van der Waals surface area (Å²) in [7, 11) is 3.32. The number of methoxy groups -OCH3 is 3. The first-order chi connectivity index (χ1) is 11.9. The van der Waals surface area contributed by atoms with Crippen molar-refractivity contribution in [3.05, 3.63) is 42.0 Å². The van der Waals surface area contributed by atoms with Crippen LogP contribution >= 0.6 is 0 Å². The van der Waals surface area contributed by atoms with Gasteiger partial charge in [0.15, 0.2) is 5.92 Å². The quantitative estimate of drug-likeness (QED) is 0.303. The normalized spacial score (nSPS) is 11.8.